The summed E-state index contributed by atoms with van der Waals surface area (Å²) in [4.78, 5) is 0. The standard InChI is InChI=1S/C21H21P.CH2F3NO2S/c1-2-18-22(19-12-6-3-7-13-19,20-14-8-4-9-15-20)21-16-10-5-11-17-21;2-1(3,4)8(5,6)7/h2-17,22H,1,18H2;(H2,5,6,7). The Kier molecular flexibility index (Phi) is 7.96. The van der Waals surface area contributed by atoms with Gasteiger partial charge in [0.1, 0.15) is 0 Å². The summed E-state index contributed by atoms with van der Waals surface area (Å²) < 4.78 is 51.2. The minimum atomic E-state index is -5.34. The molecule has 0 saturated carbocycles. The third-order valence-electron chi connectivity index (χ3n) is 4.57. The molecule has 0 fully saturated rings. The Morgan fingerprint density at radius 1 is 0.767 bits per heavy atom. The second-order valence-electron chi connectivity index (χ2n) is 6.49. The molecule has 0 radical (unpaired) electrons. The second kappa shape index (κ2) is 10.0. The SMILES string of the molecule is C=CC[PH](c1ccccc1)(c1ccccc1)c1ccccc1.NS(=O)(=O)C(F)(F)F. The summed E-state index contributed by atoms with van der Waals surface area (Å²) in [6, 6.07) is 32.8. The maximum absolute atomic E-state index is 10.8. The molecule has 3 rings (SSSR count). The minimum absolute atomic E-state index is 1.00. The van der Waals surface area contributed by atoms with Crippen LogP contribution in [0.1, 0.15) is 0 Å². The molecule has 30 heavy (non-hydrogen) atoms. The van der Waals surface area contributed by atoms with E-state index in [1.807, 2.05) is 0 Å². The number of benzene rings is 3. The van der Waals surface area contributed by atoms with E-state index in [-0.39, 0.29) is 0 Å². The molecular weight excluding hydrogens is 430 g/mol. The Hall–Kier alpha value is -2.47. The number of alkyl halides is 3. The minimum Gasteiger partial charge on any atom is -0.221 e. The van der Waals surface area contributed by atoms with Crippen LogP contribution in [-0.2, 0) is 10.0 Å². The van der Waals surface area contributed by atoms with Crippen molar-refractivity contribution in [2.75, 3.05) is 6.16 Å². The Labute approximate surface area is 175 Å². The van der Waals surface area contributed by atoms with Crippen LogP contribution in [0.25, 0.3) is 0 Å². The third-order valence-corrected chi connectivity index (χ3v) is 10.1. The van der Waals surface area contributed by atoms with Crippen LogP contribution >= 0.6 is 7.26 Å². The Morgan fingerprint density at radius 3 is 1.23 bits per heavy atom. The Balaban J connectivity index is 0.000000343. The van der Waals surface area contributed by atoms with Gasteiger partial charge in [-0.25, -0.2) is 13.6 Å². The van der Waals surface area contributed by atoms with Crippen molar-refractivity contribution in [3.63, 3.8) is 0 Å². The number of hydrogen-bond donors (Lipinski definition) is 1. The molecule has 0 bridgehead atoms. The van der Waals surface area contributed by atoms with Crippen LogP contribution in [0.2, 0.25) is 0 Å². The monoisotopic (exact) mass is 453 g/mol. The maximum atomic E-state index is 10.8. The first-order valence-corrected chi connectivity index (χ1v) is 12.7. The van der Waals surface area contributed by atoms with Crippen molar-refractivity contribution < 1.29 is 21.6 Å². The number of allylic oxidation sites excluding steroid dienone is 1. The van der Waals surface area contributed by atoms with Gasteiger partial charge in [0.2, 0.25) is 0 Å². The quantitative estimate of drug-likeness (QED) is 0.473. The van der Waals surface area contributed by atoms with Crippen LogP contribution in [-0.4, -0.2) is 20.1 Å². The van der Waals surface area contributed by atoms with Gasteiger partial charge in [0, 0.05) is 0 Å². The van der Waals surface area contributed by atoms with Crippen molar-refractivity contribution in [3.8, 4) is 0 Å². The summed E-state index contributed by atoms with van der Waals surface area (Å²) in [7, 11) is -7.38. The van der Waals surface area contributed by atoms with Crippen LogP contribution in [0.4, 0.5) is 13.2 Å². The van der Waals surface area contributed by atoms with E-state index in [0.29, 0.717) is 0 Å². The first kappa shape index (κ1) is 23.8. The fourth-order valence-electron chi connectivity index (χ4n) is 3.24. The normalized spacial score (nSPS) is 12.4. The average molecular weight is 453 g/mol. The second-order valence-corrected chi connectivity index (χ2v) is 12.0. The number of primary sulfonamides is 1. The van der Waals surface area contributed by atoms with Crippen molar-refractivity contribution in [2.24, 2.45) is 5.14 Å². The predicted molar refractivity (Wildman–Crippen MR) is 121 cm³/mol. The molecule has 0 aliphatic rings. The van der Waals surface area contributed by atoms with Gasteiger partial charge < -0.3 is 0 Å². The third kappa shape index (κ3) is 5.57. The molecule has 0 aromatic heterocycles. The molecule has 3 aromatic rings. The fourth-order valence-corrected chi connectivity index (χ4v) is 7.66. The molecule has 8 heteroatoms. The molecule has 0 amide bonds. The van der Waals surface area contributed by atoms with Crippen LogP contribution in [0.5, 0.6) is 0 Å². The van der Waals surface area contributed by atoms with Crippen molar-refractivity contribution in [3.05, 3.63) is 104 Å². The summed E-state index contributed by atoms with van der Waals surface area (Å²) >= 11 is 0. The molecule has 0 aliphatic heterocycles. The molecule has 2 N–H and O–H groups in total. The zero-order valence-electron chi connectivity index (χ0n) is 16.1. The first-order valence-electron chi connectivity index (χ1n) is 8.99. The number of nitrogens with two attached hydrogens (primary N) is 1. The molecule has 0 aliphatic carbocycles. The molecule has 0 spiro atoms. The molecule has 3 aromatic carbocycles. The number of halogens is 3. The van der Waals surface area contributed by atoms with Gasteiger partial charge in [-0.3, -0.25) is 0 Å². The predicted octanol–water partition coefficient (Wildman–Crippen LogP) is 3.69. The topological polar surface area (TPSA) is 60.2 Å². The van der Waals surface area contributed by atoms with Gasteiger partial charge in [-0.1, -0.05) is 0 Å². The zero-order chi connectivity index (χ0) is 22.3. The molecule has 0 heterocycles. The summed E-state index contributed by atoms with van der Waals surface area (Å²) in [5, 5.41) is 7.97. The van der Waals surface area contributed by atoms with Crippen molar-refractivity contribution >= 4 is 33.2 Å². The van der Waals surface area contributed by atoms with Gasteiger partial charge in [-0.15, -0.1) is 0 Å². The maximum Gasteiger partial charge on any atom is 0.511 e. The van der Waals surface area contributed by atoms with Crippen molar-refractivity contribution in [2.45, 2.75) is 5.51 Å². The van der Waals surface area contributed by atoms with E-state index in [9.17, 15) is 21.6 Å². The van der Waals surface area contributed by atoms with E-state index < -0.39 is 22.8 Å². The smallest absolute Gasteiger partial charge is 0.221 e. The largest absolute Gasteiger partial charge is 0.511 e. The van der Waals surface area contributed by atoms with E-state index in [0.717, 1.165) is 6.16 Å². The van der Waals surface area contributed by atoms with Gasteiger partial charge in [-0.2, -0.15) is 13.2 Å². The number of sulfonamides is 1. The van der Waals surface area contributed by atoms with E-state index in [2.05, 4.69) is 109 Å². The Bertz CT molecular complexity index is 945. The summed E-state index contributed by atoms with van der Waals surface area (Å²) in [5.41, 5.74) is -5.31. The van der Waals surface area contributed by atoms with E-state index in [1.165, 1.54) is 15.9 Å². The number of rotatable bonds is 5. The zero-order valence-corrected chi connectivity index (χ0v) is 17.9. The van der Waals surface area contributed by atoms with Gasteiger partial charge in [-0.05, 0) is 0 Å². The van der Waals surface area contributed by atoms with E-state index in [1.54, 1.807) is 0 Å². The van der Waals surface area contributed by atoms with E-state index >= 15 is 0 Å². The molecule has 0 unspecified atom stereocenters. The fraction of sp³-hybridized carbons (Fsp3) is 0.0909. The Morgan fingerprint density at radius 2 is 1.03 bits per heavy atom. The van der Waals surface area contributed by atoms with Gasteiger partial charge in [0.05, 0.1) is 0 Å². The van der Waals surface area contributed by atoms with Crippen LogP contribution in [0.15, 0.2) is 104 Å². The molecular formula is C22H23F3NO2PS. The summed E-state index contributed by atoms with van der Waals surface area (Å²) in [6.45, 7) is 4.06. The van der Waals surface area contributed by atoms with Crippen molar-refractivity contribution in [1.29, 1.82) is 0 Å². The molecule has 0 saturated heterocycles. The summed E-state index contributed by atoms with van der Waals surface area (Å²) in [6.07, 6.45) is 3.09. The summed E-state index contributed by atoms with van der Waals surface area (Å²) in [5.74, 6) is 0. The number of hydrogen-bond acceptors (Lipinski definition) is 2. The van der Waals surface area contributed by atoms with Gasteiger partial charge >= 0.3 is 149 Å². The van der Waals surface area contributed by atoms with Crippen LogP contribution in [0, 0.1) is 0 Å². The molecule has 3 nitrogen and oxygen atoms in total. The molecule has 0 atom stereocenters. The average Bonchev–Trinajstić information content (AvgIpc) is 2.73. The van der Waals surface area contributed by atoms with Crippen LogP contribution < -0.4 is 21.1 Å². The first-order chi connectivity index (χ1) is 14.1. The van der Waals surface area contributed by atoms with Crippen LogP contribution in [0.3, 0.4) is 0 Å². The van der Waals surface area contributed by atoms with E-state index in [4.69, 9.17) is 0 Å². The van der Waals surface area contributed by atoms with Gasteiger partial charge in [0.15, 0.2) is 0 Å². The molecule has 160 valence electrons. The van der Waals surface area contributed by atoms with Crippen molar-refractivity contribution in [1.82, 2.24) is 0 Å². The van der Waals surface area contributed by atoms with Gasteiger partial charge in [0.25, 0.3) is 0 Å².